The minimum absolute atomic E-state index is 0.00593. The number of pyridine rings is 1. The topological polar surface area (TPSA) is 24.9 Å². The Hall–Kier alpha value is -1.74. The summed E-state index contributed by atoms with van der Waals surface area (Å²) in [6.07, 6.45) is 2.76. The predicted octanol–water partition coefficient (Wildman–Crippen LogP) is 3.68. The van der Waals surface area contributed by atoms with E-state index in [1.54, 1.807) is 12.3 Å². The van der Waals surface area contributed by atoms with Gasteiger partial charge in [-0.25, -0.2) is 4.39 Å². The zero-order valence-electron chi connectivity index (χ0n) is 11.6. The van der Waals surface area contributed by atoms with E-state index in [0.717, 1.165) is 13.0 Å². The Bertz CT molecular complexity index is 570. The van der Waals surface area contributed by atoms with Crippen LogP contribution in [0.5, 0.6) is 0 Å². The molecule has 1 aromatic heterocycles. The fourth-order valence-electron chi connectivity index (χ4n) is 2.96. The van der Waals surface area contributed by atoms with Crippen LogP contribution in [-0.4, -0.2) is 11.5 Å². The molecule has 0 spiro atoms. The number of hydrogen-bond acceptors (Lipinski definition) is 2. The zero-order valence-corrected chi connectivity index (χ0v) is 11.6. The molecule has 1 N–H and O–H groups in total. The molecule has 1 saturated carbocycles. The van der Waals surface area contributed by atoms with Crippen molar-refractivity contribution in [1.29, 1.82) is 0 Å². The minimum Gasteiger partial charge on any atom is -0.309 e. The number of aromatic nitrogens is 1. The molecule has 0 aliphatic heterocycles. The van der Waals surface area contributed by atoms with Gasteiger partial charge in [0.25, 0.3) is 0 Å². The largest absolute Gasteiger partial charge is 0.309 e. The Kier molecular flexibility index (Phi) is 3.79. The van der Waals surface area contributed by atoms with Crippen LogP contribution < -0.4 is 5.32 Å². The normalized spacial score (nSPS) is 22.5. The molecule has 0 saturated heterocycles. The van der Waals surface area contributed by atoms with E-state index in [2.05, 4.69) is 34.6 Å². The summed E-state index contributed by atoms with van der Waals surface area (Å²) in [5.74, 6) is 0.737. The molecule has 3 atom stereocenters. The maximum atomic E-state index is 14.0. The fraction of sp³-hybridized carbons (Fsp3) is 0.353. The van der Waals surface area contributed by atoms with Crippen molar-refractivity contribution in [2.24, 2.45) is 5.92 Å². The van der Waals surface area contributed by atoms with Crippen molar-refractivity contribution in [3.05, 3.63) is 65.7 Å². The van der Waals surface area contributed by atoms with E-state index < -0.39 is 0 Å². The monoisotopic (exact) mass is 270 g/mol. The summed E-state index contributed by atoms with van der Waals surface area (Å²) < 4.78 is 14.0. The predicted molar refractivity (Wildman–Crippen MR) is 77.9 cm³/mol. The van der Waals surface area contributed by atoms with Gasteiger partial charge in [0.2, 0.25) is 0 Å². The zero-order chi connectivity index (χ0) is 13.9. The first-order chi connectivity index (χ1) is 9.81. The summed E-state index contributed by atoms with van der Waals surface area (Å²) in [6.45, 7) is 2.87. The first kappa shape index (κ1) is 13.3. The molecule has 1 aromatic carbocycles. The quantitative estimate of drug-likeness (QED) is 0.896. The molecule has 20 heavy (non-hydrogen) atoms. The van der Waals surface area contributed by atoms with Crippen LogP contribution in [0.1, 0.15) is 36.6 Å². The van der Waals surface area contributed by atoms with Gasteiger partial charge >= 0.3 is 0 Å². The lowest BCUT2D eigenvalue weighted by Gasteiger charge is -2.18. The van der Waals surface area contributed by atoms with Crippen molar-refractivity contribution in [2.75, 3.05) is 6.54 Å². The Morgan fingerprint density at radius 3 is 2.75 bits per heavy atom. The summed E-state index contributed by atoms with van der Waals surface area (Å²) >= 11 is 0. The lowest BCUT2D eigenvalue weighted by molar-refractivity contribution is 0.448. The fourth-order valence-corrected chi connectivity index (χ4v) is 2.96. The standard InChI is InChI=1S/C17H19FN2/c1-2-19-16(17-15(18)9-6-10-20-17)14-11-13(14)12-7-4-3-5-8-12/h3-10,13-14,16,19H,2,11H2,1H3. The molecule has 2 aromatic rings. The van der Waals surface area contributed by atoms with Crippen LogP contribution in [0.15, 0.2) is 48.7 Å². The SMILES string of the molecule is CCNC(c1ncccc1F)C1CC1c1ccccc1. The van der Waals surface area contributed by atoms with Crippen LogP contribution >= 0.6 is 0 Å². The van der Waals surface area contributed by atoms with Gasteiger partial charge in [0.05, 0.1) is 11.7 Å². The average molecular weight is 270 g/mol. The van der Waals surface area contributed by atoms with Crippen LogP contribution in [0.2, 0.25) is 0 Å². The Morgan fingerprint density at radius 2 is 2.05 bits per heavy atom. The molecule has 0 radical (unpaired) electrons. The molecule has 1 aliphatic rings. The van der Waals surface area contributed by atoms with E-state index in [1.807, 2.05) is 13.0 Å². The summed E-state index contributed by atoms with van der Waals surface area (Å²) in [6, 6.07) is 13.6. The third-order valence-corrected chi connectivity index (χ3v) is 4.00. The van der Waals surface area contributed by atoms with Crippen molar-refractivity contribution in [2.45, 2.75) is 25.3 Å². The second-order valence-corrected chi connectivity index (χ2v) is 5.32. The van der Waals surface area contributed by atoms with Gasteiger partial charge in [-0.2, -0.15) is 0 Å². The molecule has 3 rings (SSSR count). The van der Waals surface area contributed by atoms with Crippen molar-refractivity contribution in [3.63, 3.8) is 0 Å². The summed E-state index contributed by atoms with van der Waals surface area (Å²) in [4.78, 5) is 4.25. The summed E-state index contributed by atoms with van der Waals surface area (Å²) in [7, 11) is 0. The Balaban J connectivity index is 1.82. The lowest BCUT2D eigenvalue weighted by Crippen LogP contribution is -2.25. The minimum atomic E-state index is -0.211. The van der Waals surface area contributed by atoms with Gasteiger partial charge in [0, 0.05) is 6.20 Å². The van der Waals surface area contributed by atoms with Crippen LogP contribution in [0.4, 0.5) is 4.39 Å². The highest BCUT2D eigenvalue weighted by molar-refractivity contribution is 5.29. The molecule has 0 amide bonds. The number of rotatable bonds is 5. The molecule has 2 nitrogen and oxygen atoms in total. The van der Waals surface area contributed by atoms with Gasteiger partial charge in [0.1, 0.15) is 5.82 Å². The highest BCUT2D eigenvalue weighted by atomic mass is 19.1. The first-order valence-electron chi connectivity index (χ1n) is 7.20. The van der Waals surface area contributed by atoms with E-state index in [4.69, 9.17) is 0 Å². The van der Waals surface area contributed by atoms with Gasteiger partial charge in [-0.3, -0.25) is 4.98 Å². The molecule has 1 fully saturated rings. The Morgan fingerprint density at radius 1 is 1.25 bits per heavy atom. The van der Waals surface area contributed by atoms with Crippen molar-refractivity contribution in [1.82, 2.24) is 10.3 Å². The number of benzene rings is 1. The highest BCUT2D eigenvalue weighted by Crippen LogP contribution is 2.53. The maximum Gasteiger partial charge on any atom is 0.146 e. The van der Waals surface area contributed by atoms with E-state index in [0.29, 0.717) is 17.5 Å². The van der Waals surface area contributed by atoms with Gasteiger partial charge in [-0.15, -0.1) is 0 Å². The molecule has 104 valence electrons. The molecule has 3 heteroatoms. The second kappa shape index (κ2) is 5.71. The van der Waals surface area contributed by atoms with Crippen LogP contribution in [-0.2, 0) is 0 Å². The van der Waals surface area contributed by atoms with E-state index in [-0.39, 0.29) is 11.9 Å². The van der Waals surface area contributed by atoms with Crippen LogP contribution in [0, 0.1) is 11.7 Å². The van der Waals surface area contributed by atoms with Gasteiger partial charge in [-0.05, 0) is 42.5 Å². The van der Waals surface area contributed by atoms with Gasteiger partial charge < -0.3 is 5.32 Å². The molecule has 1 heterocycles. The molecule has 3 unspecified atom stereocenters. The number of nitrogens with zero attached hydrogens (tertiary/aromatic N) is 1. The van der Waals surface area contributed by atoms with E-state index in [9.17, 15) is 4.39 Å². The second-order valence-electron chi connectivity index (χ2n) is 5.32. The lowest BCUT2D eigenvalue weighted by atomic mass is 10.0. The first-order valence-corrected chi connectivity index (χ1v) is 7.20. The maximum absolute atomic E-state index is 14.0. The average Bonchev–Trinajstić information content (AvgIpc) is 3.27. The van der Waals surface area contributed by atoms with Gasteiger partial charge in [-0.1, -0.05) is 37.3 Å². The van der Waals surface area contributed by atoms with Crippen LogP contribution in [0.25, 0.3) is 0 Å². The van der Waals surface area contributed by atoms with Crippen molar-refractivity contribution < 1.29 is 4.39 Å². The smallest absolute Gasteiger partial charge is 0.146 e. The van der Waals surface area contributed by atoms with Crippen molar-refractivity contribution in [3.8, 4) is 0 Å². The van der Waals surface area contributed by atoms with Crippen LogP contribution in [0.3, 0.4) is 0 Å². The van der Waals surface area contributed by atoms with E-state index >= 15 is 0 Å². The third kappa shape index (κ3) is 2.59. The highest BCUT2D eigenvalue weighted by Gasteiger charge is 2.45. The van der Waals surface area contributed by atoms with Crippen molar-refractivity contribution >= 4 is 0 Å². The molecule has 0 bridgehead atoms. The molecule has 1 aliphatic carbocycles. The van der Waals surface area contributed by atoms with E-state index in [1.165, 1.54) is 11.6 Å². The molecular formula is C17H19FN2. The summed E-state index contributed by atoms with van der Waals surface area (Å²) in [5, 5.41) is 3.40. The Labute approximate surface area is 119 Å². The third-order valence-electron chi connectivity index (χ3n) is 4.00. The molecular weight excluding hydrogens is 251 g/mol. The number of nitrogens with one attached hydrogen (secondary N) is 1. The number of hydrogen-bond donors (Lipinski definition) is 1. The van der Waals surface area contributed by atoms with Gasteiger partial charge in [0.15, 0.2) is 0 Å². The summed E-state index contributed by atoms with van der Waals surface area (Å²) in [5.41, 5.74) is 1.90. The number of halogens is 1.